The number of hydrogen-bond donors (Lipinski definition) is 1. The van der Waals surface area contributed by atoms with Gasteiger partial charge in [0.25, 0.3) is 0 Å². The standard InChI is InChI=1S/C13H21N3S/c1-9-7-13(15-10(2)14-9)16-11-5-4-6-12(8-11)17-3/h7,11-12H,4-6,8H2,1-3H3,(H,14,15,16). The second-order valence-electron chi connectivity index (χ2n) is 4.81. The van der Waals surface area contributed by atoms with Crippen LogP contribution in [0.4, 0.5) is 5.82 Å². The Morgan fingerprint density at radius 1 is 1.29 bits per heavy atom. The first-order valence-electron chi connectivity index (χ1n) is 6.29. The van der Waals surface area contributed by atoms with Gasteiger partial charge in [-0.05, 0) is 39.4 Å². The normalized spacial score (nSPS) is 24.6. The van der Waals surface area contributed by atoms with E-state index in [2.05, 4.69) is 21.5 Å². The van der Waals surface area contributed by atoms with Crippen molar-refractivity contribution in [2.45, 2.75) is 50.8 Å². The average Bonchev–Trinajstić information content (AvgIpc) is 2.28. The van der Waals surface area contributed by atoms with Gasteiger partial charge in [0.2, 0.25) is 0 Å². The fourth-order valence-electron chi connectivity index (χ4n) is 2.49. The molecule has 0 spiro atoms. The molecule has 1 saturated carbocycles. The summed E-state index contributed by atoms with van der Waals surface area (Å²) in [6.07, 6.45) is 7.42. The molecular formula is C13H21N3S. The van der Waals surface area contributed by atoms with Crippen LogP contribution in [0, 0.1) is 13.8 Å². The summed E-state index contributed by atoms with van der Waals surface area (Å²) in [5.41, 5.74) is 1.04. The summed E-state index contributed by atoms with van der Waals surface area (Å²) >= 11 is 1.99. The van der Waals surface area contributed by atoms with E-state index in [4.69, 9.17) is 0 Å². The van der Waals surface area contributed by atoms with E-state index in [0.29, 0.717) is 6.04 Å². The molecule has 0 aromatic carbocycles. The van der Waals surface area contributed by atoms with Crippen molar-refractivity contribution >= 4 is 17.6 Å². The molecule has 0 radical (unpaired) electrons. The van der Waals surface area contributed by atoms with Gasteiger partial charge in [0.05, 0.1) is 0 Å². The minimum absolute atomic E-state index is 0.579. The Balaban J connectivity index is 2.00. The molecule has 4 heteroatoms. The molecule has 2 rings (SSSR count). The number of hydrogen-bond acceptors (Lipinski definition) is 4. The Bertz CT molecular complexity index is 361. The molecule has 1 aromatic heterocycles. The highest BCUT2D eigenvalue weighted by molar-refractivity contribution is 7.99. The molecule has 0 saturated heterocycles. The zero-order valence-electron chi connectivity index (χ0n) is 10.9. The zero-order valence-corrected chi connectivity index (χ0v) is 11.7. The lowest BCUT2D eigenvalue weighted by Gasteiger charge is -2.29. The Labute approximate surface area is 108 Å². The van der Waals surface area contributed by atoms with E-state index in [0.717, 1.165) is 22.6 Å². The molecule has 17 heavy (non-hydrogen) atoms. The van der Waals surface area contributed by atoms with Gasteiger partial charge in [-0.25, -0.2) is 9.97 Å². The van der Waals surface area contributed by atoms with Crippen molar-refractivity contribution in [2.24, 2.45) is 0 Å². The SMILES string of the molecule is CSC1CCCC(Nc2cc(C)nc(C)n2)C1. The Morgan fingerprint density at radius 3 is 2.82 bits per heavy atom. The van der Waals surface area contributed by atoms with Crippen molar-refractivity contribution in [2.75, 3.05) is 11.6 Å². The van der Waals surface area contributed by atoms with Gasteiger partial charge < -0.3 is 5.32 Å². The number of nitrogens with one attached hydrogen (secondary N) is 1. The van der Waals surface area contributed by atoms with Gasteiger partial charge in [-0.3, -0.25) is 0 Å². The molecule has 2 unspecified atom stereocenters. The number of thioether (sulfide) groups is 1. The fourth-order valence-corrected chi connectivity index (χ4v) is 3.32. The molecule has 0 bridgehead atoms. The Morgan fingerprint density at radius 2 is 2.12 bits per heavy atom. The summed E-state index contributed by atoms with van der Waals surface area (Å²) in [5.74, 6) is 1.84. The van der Waals surface area contributed by atoms with E-state index >= 15 is 0 Å². The molecule has 3 nitrogen and oxygen atoms in total. The Kier molecular flexibility index (Phi) is 4.26. The first kappa shape index (κ1) is 12.7. The fraction of sp³-hybridized carbons (Fsp3) is 0.692. The van der Waals surface area contributed by atoms with Crippen molar-refractivity contribution < 1.29 is 0 Å². The monoisotopic (exact) mass is 251 g/mol. The van der Waals surface area contributed by atoms with Crippen LogP contribution in [0.1, 0.15) is 37.2 Å². The van der Waals surface area contributed by atoms with Gasteiger partial charge in [-0.2, -0.15) is 11.8 Å². The molecule has 0 aliphatic heterocycles. The molecule has 0 amide bonds. The summed E-state index contributed by atoms with van der Waals surface area (Å²) < 4.78 is 0. The molecule has 2 atom stereocenters. The van der Waals surface area contributed by atoms with E-state index in [9.17, 15) is 0 Å². The molecular weight excluding hydrogens is 230 g/mol. The van der Waals surface area contributed by atoms with Gasteiger partial charge in [0, 0.05) is 23.1 Å². The van der Waals surface area contributed by atoms with Crippen LogP contribution >= 0.6 is 11.8 Å². The topological polar surface area (TPSA) is 37.8 Å². The van der Waals surface area contributed by atoms with Gasteiger partial charge in [-0.1, -0.05) is 6.42 Å². The van der Waals surface area contributed by atoms with E-state index in [-0.39, 0.29) is 0 Å². The summed E-state index contributed by atoms with van der Waals surface area (Å²) in [6, 6.07) is 2.62. The van der Waals surface area contributed by atoms with Crippen LogP contribution in [0.15, 0.2) is 6.07 Å². The lowest BCUT2D eigenvalue weighted by Crippen LogP contribution is -2.29. The third-order valence-electron chi connectivity index (χ3n) is 3.28. The largest absolute Gasteiger partial charge is 0.367 e. The summed E-state index contributed by atoms with van der Waals surface area (Å²) in [4.78, 5) is 8.75. The van der Waals surface area contributed by atoms with Crippen molar-refractivity contribution in [1.29, 1.82) is 0 Å². The van der Waals surface area contributed by atoms with E-state index in [1.54, 1.807) is 0 Å². The maximum absolute atomic E-state index is 4.45. The maximum atomic E-state index is 4.45. The van der Waals surface area contributed by atoms with E-state index < -0.39 is 0 Å². The highest BCUT2D eigenvalue weighted by Gasteiger charge is 2.21. The van der Waals surface area contributed by atoms with Crippen LogP contribution in [0.5, 0.6) is 0 Å². The third-order valence-corrected chi connectivity index (χ3v) is 4.37. The summed E-state index contributed by atoms with van der Waals surface area (Å²) in [7, 11) is 0. The van der Waals surface area contributed by atoms with Gasteiger partial charge in [-0.15, -0.1) is 0 Å². The molecule has 1 fully saturated rings. The van der Waals surface area contributed by atoms with Crippen molar-refractivity contribution in [3.8, 4) is 0 Å². The molecule has 1 aromatic rings. The van der Waals surface area contributed by atoms with Crippen molar-refractivity contribution in [3.05, 3.63) is 17.6 Å². The number of nitrogens with zero attached hydrogens (tertiary/aromatic N) is 2. The van der Waals surface area contributed by atoms with E-state index in [1.165, 1.54) is 25.7 Å². The van der Waals surface area contributed by atoms with Crippen LogP contribution in [-0.4, -0.2) is 27.5 Å². The minimum Gasteiger partial charge on any atom is -0.367 e. The molecule has 1 N–H and O–H groups in total. The first-order chi connectivity index (χ1) is 8.17. The second-order valence-corrected chi connectivity index (χ2v) is 5.95. The highest BCUT2D eigenvalue weighted by atomic mass is 32.2. The molecule has 1 heterocycles. The van der Waals surface area contributed by atoms with Crippen molar-refractivity contribution in [1.82, 2.24) is 9.97 Å². The first-order valence-corrected chi connectivity index (χ1v) is 7.58. The second kappa shape index (κ2) is 5.71. The number of rotatable bonds is 3. The lowest BCUT2D eigenvalue weighted by atomic mass is 9.95. The quantitative estimate of drug-likeness (QED) is 0.895. The zero-order chi connectivity index (χ0) is 12.3. The lowest BCUT2D eigenvalue weighted by molar-refractivity contribution is 0.472. The van der Waals surface area contributed by atoms with Crippen LogP contribution in [0.25, 0.3) is 0 Å². The summed E-state index contributed by atoms with van der Waals surface area (Å²) in [5, 5.41) is 4.37. The summed E-state index contributed by atoms with van der Waals surface area (Å²) in [6.45, 7) is 3.97. The maximum Gasteiger partial charge on any atom is 0.130 e. The van der Waals surface area contributed by atoms with E-state index in [1.807, 2.05) is 31.7 Å². The molecule has 1 aliphatic rings. The van der Waals surface area contributed by atoms with Crippen LogP contribution in [0.2, 0.25) is 0 Å². The van der Waals surface area contributed by atoms with Crippen LogP contribution < -0.4 is 5.32 Å². The molecule has 94 valence electrons. The van der Waals surface area contributed by atoms with Gasteiger partial charge >= 0.3 is 0 Å². The van der Waals surface area contributed by atoms with Crippen LogP contribution in [0.3, 0.4) is 0 Å². The highest BCUT2D eigenvalue weighted by Crippen LogP contribution is 2.28. The van der Waals surface area contributed by atoms with Crippen molar-refractivity contribution in [3.63, 3.8) is 0 Å². The number of anilines is 1. The van der Waals surface area contributed by atoms with Gasteiger partial charge in [0.15, 0.2) is 0 Å². The Hall–Kier alpha value is -0.770. The number of aromatic nitrogens is 2. The predicted octanol–water partition coefficient (Wildman–Crippen LogP) is 3.18. The average molecular weight is 251 g/mol. The van der Waals surface area contributed by atoms with Crippen LogP contribution in [-0.2, 0) is 0 Å². The predicted molar refractivity (Wildman–Crippen MR) is 74.7 cm³/mol. The third kappa shape index (κ3) is 3.60. The molecule has 1 aliphatic carbocycles. The smallest absolute Gasteiger partial charge is 0.130 e. The van der Waals surface area contributed by atoms with Gasteiger partial charge in [0.1, 0.15) is 11.6 Å². The minimum atomic E-state index is 0.579. The number of aryl methyl sites for hydroxylation is 2.